The first-order valence-electron chi connectivity index (χ1n) is 3.80. The third-order valence-electron chi connectivity index (χ3n) is 1.68. The van der Waals surface area contributed by atoms with Gasteiger partial charge in [-0.3, -0.25) is 0 Å². The summed E-state index contributed by atoms with van der Waals surface area (Å²) >= 11 is 3.46. The summed E-state index contributed by atoms with van der Waals surface area (Å²) in [6.07, 6.45) is 1.60. The Kier molecular flexibility index (Phi) is 2.35. The Labute approximate surface area is 83.7 Å². The molecule has 0 N–H and O–H groups in total. The molecular weight excluding hydrogens is 232 g/mol. The fraction of sp³-hybridized carbons (Fsp3) is 0.125. The summed E-state index contributed by atoms with van der Waals surface area (Å²) in [6, 6.07) is 8.00. The fourth-order valence-corrected chi connectivity index (χ4v) is 1.46. The quantitative estimate of drug-likeness (QED) is 0.797. The predicted octanol–water partition coefficient (Wildman–Crippen LogP) is 1.48. The van der Waals surface area contributed by atoms with Crippen molar-refractivity contribution < 1.29 is 0 Å². The largest absolute Gasteiger partial charge is 0.228 e. The van der Waals surface area contributed by atoms with Crippen molar-refractivity contribution >= 4 is 15.9 Å². The Morgan fingerprint density at radius 1 is 1.31 bits per heavy atom. The molecule has 66 valence electrons. The van der Waals surface area contributed by atoms with Crippen molar-refractivity contribution in [3.8, 4) is 0 Å². The molecule has 13 heavy (non-hydrogen) atoms. The van der Waals surface area contributed by atoms with Crippen molar-refractivity contribution in [2.75, 3.05) is 0 Å². The molecule has 2 aromatic rings. The minimum Gasteiger partial charge on any atom is -0.228 e. The maximum atomic E-state index is 3.79. The van der Waals surface area contributed by atoms with Gasteiger partial charge in [-0.15, -0.1) is 5.10 Å². The van der Waals surface area contributed by atoms with Gasteiger partial charge in [0.1, 0.15) is 6.33 Å². The van der Waals surface area contributed by atoms with Crippen LogP contribution in [-0.2, 0) is 6.54 Å². The van der Waals surface area contributed by atoms with E-state index in [9.17, 15) is 0 Å². The third-order valence-corrected chi connectivity index (χ3v) is 2.46. The van der Waals surface area contributed by atoms with E-state index < -0.39 is 0 Å². The highest BCUT2D eigenvalue weighted by Gasteiger charge is 1.99. The first kappa shape index (κ1) is 8.37. The molecule has 0 unspecified atom stereocenters. The SMILES string of the molecule is Brc1ccccc1Cn1cnnn1. The van der Waals surface area contributed by atoms with Crippen LogP contribution in [0.5, 0.6) is 0 Å². The second-order valence-electron chi connectivity index (χ2n) is 2.60. The molecule has 1 aromatic heterocycles. The van der Waals surface area contributed by atoms with E-state index in [1.165, 1.54) is 0 Å². The molecule has 1 heterocycles. The van der Waals surface area contributed by atoms with Crippen LogP contribution >= 0.6 is 15.9 Å². The Bertz CT molecular complexity index is 385. The van der Waals surface area contributed by atoms with Crippen molar-refractivity contribution in [2.45, 2.75) is 6.54 Å². The minimum absolute atomic E-state index is 0.689. The lowest BCUT2D eigenvalue weighted by Gasteiger charge is -2.01. The summed E-state index contributed by atoms with van der Waals surface area (Å²) in [5.74, 6) is 0. The van der Waals surface area contributed by atoms with E-state index in [0.717, 1.165) is 10.0 Å². The van der Waals surface area contributed by atoms with Gasteiger partial charge < -0.3 is 0 Å². The molecule has 0 radical (unpaired) electrons. The minimum atomic E-state index is 0.689. The topological polar surface area (TPSA) is 43.6 Å². The molecule has 0 fully saturated rings. The molecule has 0 aliphatic heterocycles. The average Bonchev–Trinajstić information content (AvgIpc) is 2.61. The lowest BCUT2D eigenvalue weighted by molar-refractivity contribution is 0.647. The van der Waals surface area contributed by atoms with Crippen molar-refractivity contribution in [3.63, 3.8) is 0 Å². The van der Waals surface area contributed by atoms with Gasteiger partial charge in [-0.1, -0.05) is 34.1 Å². The molecular formula is C8H7BrN4. The van der Waals surface area contributed by atoms with Crippen LogP contribution in [0.15, 0.2) is 35.1 Å². The van der Waals surface area contributed by atoms with E-state index in [1.807, 2.05) is 24.3 Å². The second-order valence-corrected chi connectivity index (χ2v) is 3.45. The van der Waals surface area contributed by atoms with Gasteiger partial charge in [-0.25, -0.2) is 4.68 Å². The van der Waals surface area contributed by atoms with Crippen LogP contribution in [0.3, 0.4) is 0 Å². The van der Waals surface area contributed by atoms with Crippen LogP contribution in [0.1, 0.15) is 5.56 Å². The van der Waals surface area contributed by atoms with Crippen LogP contribution in [0.25, 0.3) is 0 Å². The van der Waals surface area contributed by atoms with E-state index >= 15 is 0 Å². The lowest BCUT2D eigenvalue weighted by Crippen LogP contribution is -2.00. The molecule has 0 spiro atoms. The van der Waals surface area contributed by atoms with Gasteiger partial charge in [0.2, 0.25) is 0 Å². The summed E-state index contributed by atoms with van der Waals surface area (Å²) < 4.78 is 2.76. The number of hydrogen-bond donors (Lipinski definition) is 0. The molecule has 4 nitrogen and oxygen atoms in total. The van der Waals surface area contributed by atoms with E-state index in [0.29, 0.717) is 6.54 Å². The maximum Gasteiger partial charge on any atom is 0.138 e. The van der Waals surface area contributed by atoms with Gasteiger partial charge in [-0.05, 0) is 22.1 Å². The third kappa shape index (κ3) is 1.92. The maximum absolute atomic E-state index is 3.79. The lowest BCUT2D eigenvalue weighted by atomic mass is 10.2. The number of nitrogens with zero attached hydrogens (tertiary/aromatic N) is 4. The van der Waals surface area contributed by atoms with E-state index in [-0.39, 0.29) is 0 Å². The van der Waals surface area contributed by atoms with Crippen molar-refractivity contribution in [2.24, 2.45) is 0 Å². The van der Waals surface area contributed by atoms with E-state index in [2.05, 4.69) is 31.5 Å². The van der Waals surface area contributed by atoms with Gasteiger partial charge in [-0.2, -0.15) is 0 Å². The Hall–Kier alpha value is -1.23. The van der Waals surface area contributed by atoms with Gasteiger partial charge >= 0.3 is 0 Å². The summed E-state index contributed by atoms with van der Waals surface area (Å²) in [5.41, 5.74) is 1.16. The number of hydrogen-bond acceptors (Lipinski definition) is 3. The zero-order valence-corrected chi connectivity index (χ0v) is 8.35. The standard InChI is InChI=1S/C8H7BrN4/c9-8-4-2-1-3-7(8)5-13-6-10-11-12-13/h1-4,6H,5H2. The number of halogens is 1. The molecule has 0 amide bonds. The molecule has 0 aliphatic rings. The van der Waals surface area contributed by atoms with Crippen molar-refractivity contribution in [3.05, 3.63) is 40.6 Å². The Morgan fingerprint density at radius 2 is 2.15 bits per heavy atom. The zero-order valence-electron chi connectivity index (χ0n) is 6.76. The molecule has 0 bridgehead atoms. The fourth-order valence-electron chi connectivity index (χ4n) is 1.05. The highest BCUT2D eigenvalue weighted by atomic mass is 79.9. The molecule has 0 aliphatic carbocycles. The van der Waals surface area contributed by atoms with E-state index in [4.69, 9.17) is 0 Å². The van der Waals surface area contributed by atoms with Gasteiger partial charge in [0.25, 0.3) is 0 Å². The highest BCUT2D eigenvalue weighted by molar-refractivity contribution is 9.10. The van der Waals surface area contributed by atoms with Crippen molar-refractivity contribution in [1.82, 2.24) is 20.2 Å². The number of benzene rings is 1. The molecule has 5 heteroatoms. The smallest absolute Gasteiger partial charge is 0.138 e. The Balaban J connectivity index is 2.24. The molecule has 0 saturated heterocycles. The van der Waals surface area contributed by atoms with Gasteiger partial charge in [0.15, 0.2) is 0 Å². The second kappa shape index (κ2) is 3.66. The molecule has 1 aromatic carbocycles. The first-order valence-corrected chi connectivity index (χ1v) is 4.60. The average molecular weight is 239 g/mol. The number of rotatable bonds is 2. The normalized spacial score (nSPS) is 10.2. The zero-order chi connectivity index (χ0) is 9.10. The van der Waals surface area contributed by atoms with Crippen LogP contribution in [0.2, 0.25) is 0 Å². The summed E-state index contributed by atoms with van der Waals surface area (Å²) in [4.78, 5) is 0. The summed E-state index contributed by atoms with van der Waals surface area (Å²) in [7, 11) is 0. The van der Waals surface area contributed by atoms with Gasteiger partial charge in [0, 0.05) is 4.47 Å². The van der Waals surface area contributed by atoms with Crippen LogP contribution in [-0.4, -0.2) is 20.2 Å². The van der Waals surface area contributed by atoms with Gasteiger partial charge in [0.05, 0.1) is 6.54 Å². The highest BCUT2D eigenvalue weighted by Crippen LogP contribution is 2.16. The summed E-state index contributed by atoms with van der Waals surface area (Å²) in [6.45, 7) is 0.689. The molecule has 0 saturated carbocycles. The predicted molar refractivity (Wildman–Crippen MR) is 51.1 cm³/mol. The number of aromatic nitrogens is 4. The van der Waals surface area contributed by atoms with E-state index in [1.54, 1.807) is 11.0 Å². The monoisotopic (exact) mass is 238 g/mol. The number of tetrazole rings is 1. The van der Waals surface area contributed by atoms with Crippen LogP contribution in [0.4, 0.5) is 0 Å². The first-order chi connectivity index (χ1) is 6.36. The van der Waals surface area contributed by atoms with Crippen LogP contribution < -0.4 is 0 Å². The molecule has 0 atom stereocenters. The Morgan fingerprint density at radius 3 is 2.85 bits per heavy atom. The van der Waals surface area contributed by atoms with Crippen molar-refractivity contribution in [1.29, 1.82) is 0 Å². The van der Waals surface area contributed by atoms with Crippen LogP contribution in [0, 0.1) is 0 Å². The molecule has 2 rings (SSSR count). The summed E-state index contributed by atoms with van der Waals surface area (Å²) in [5, 5.41) is 10.9.